The molecule has 1 aliphatic heterocycles. The highest BCUT2D eigenvalue weighted by molar-refractivity contribution is 4.71. The van der Waals surface area contributed by atoms with Gasteiger partial charge >= 0.3 is 0 Å². The van der Waals surface area contributed by atoms with E-state index in [-0.39, 0.29) is 0 Å². The highest BCUT2D eigenvalue weighted by atomic mass is 15.0. The molecule has 0 bridgehead atoms. The lowest BCUT2D eigenvalue weighted by Crippen LogP contribution is -2.45. The fourth-order valence-corrected chi connectivity index (χ4v) is 2.34. The number of hydrogen-bond donors (Lipinski definition) is 4. The molecule has 1 saturated heterocycles. The molecule has 0 aliphatic carbocycles. The lowest BCUT2D eigenvalue weighted by atomic mass is 10.1. The summed E-state index contributed by atoms with van der Waals surface area (Å²) in [5.41, 5.74) is 0. The van der Waals surface area contributed by atoms with Crippen LogP contribution < -0.4 is 21.3 Å². The van der Waals surface area contributed by atoms with Crippen molar-refractivity contribution in [2.75, 3.05) is 45.8 Å². The van der Waals surface area contributed by atoms with Gasteiger partial charge in [-0.2, -0.15) is 0 Å². The third-order valence-electron chi connectivity index (χ3n) is 3.49. The molecule has 1 aliphatic rings. The van der Waals surface area contributed by atoms with Crippen molar-refractivity contribution in [2.45, 2.75) is 45.1 Å². The summed E-state index contributed by atoms with van der Waals surface area (Å²) in [5, 5.41) is 14.1. The van der Waals surface area contributed by atoms with Gasteiger partial charge in [-0.25, -0.2) is 0 Å². The topological polar surface area (TPSA) is 48.1 Å². The van der Waals surface area contributed by atoms with E-state index >= 15 is 0 Å². The van der Waals surface area contributed by atoms with Crippen molar-refractivity contribution in [1.82, 2.24) is 21.3 Å². The summed E-state index contributed by atoms with van der Waals surface area (Å²) in [5.74, 6) is 0. The molecule has 1 fully saturated rings. The SMILES string of the molecule is CCCCCCC1CNCCNCCNCCN1. The molecule has 1 heterocycles. The predicted octanol–water partition coefficient (Wildman–Crippen LogP) is 0.697. The van der Waals surface area contributed by atoms with Gasteiger partial charge in [0.25, 0.3) is 0 Å². The van der Waals surface area contributed by atoms with Gasteiger partial charge in [-0.1, -0.05) is 32.6 Å². The van der Waals surface area contributed by atoms with Gasteiger partial charge in [-0.05, 0) is 6.42 Å². The van der Waals surface area contributed by atoms with Gasteiger partial charge < -0.3 is 21.3 Å². The molecule has 0 spiro atoms. The van der Waals surface area contributed by atoms with E-state index in [0.717, 1.165) is 45.8 Å². The van der Waals surface area contributed by atoms with Crippen LogP contribution in [0.25, 0.3) is 0 Å². The van der Waals surface area contributed by atoms with Crippen LogP contribution in [-0.2, 0) is 0 Å². The van der Waals surface area contributed by atoms with E-state index in [0.29, 0.717) is 6.04 Å². The highest BCUT2D eigenvalue weighted by Gasteiger charge is 2.07. The van der Waals surface area contributed by atoms with Crippen molar-refractivity contribution in [3.8, 4) is 0 Å². The highest BCUT2D eigenvalue weighted by Crippen LogP contribution is 2.05. The molecule has 1 atom stereocenters. The molecule has 0 aromatic rings. The average molecular weight is 256 g/mol. The molecule has 0 aromatic heterocycles. The van der Waals surface area contributed by atoms with Crippen LogP contribution in [0, 0.1) is 0 Å². The normalized spacial score (nSPS) is 24.2. The number of unbranched alkanes of at least 4 members (excludes halogenated alkanes) is 3. The first-order chi connectivity index (χ1) is 8.93. The van der Waals surface area contributed by atoms with Crippen molar-refractivity contribution < 1.29 is 0 Å². The maximum atomic E-state index is 3.67. The first-order valence-electron chi connectivity index (χ1n) is 7.79. The van der Waals surface area contributed by atoms with Crippen molar-refractivity contribution in [2.24, 2.45) is 0 Å². The van der Waals surface area contributed by atoms with Crippen LogP contribution in [0.15, 0.2) is 0 Å². The molecular formula is C14H32N4. The zero-order chi connectivity index (χ0) is 12.9. The lowest BCUT2D eigenvalue weighted by Gasteiger charge is -2.21. The van der Waals surface area contributed by atoms with Crippen LogP contribution in [0.2, 0.25) is 0 Å². The van der Waals surface area contributed by atoms with Crippen molar-refractivity contribution >= 4 is 0 Å². The zero-order valence-electron chi connectivity index (χ0n) is 12.1. The van der Waals surface area contributed by atoms with Gasteiger partial charge in [0.1, 0.15) is 0 Å². The summed E-state index contributed by atoms with van der Waals surface area (Å²) in [7, 11) is 0. The fraction of sp³-hybridized carbons (Fsp3) is 1.00. The summed E-state index contributed by atoms with van der Waals surface area (Å²) < 4.78 is 0. The Kier molecular flexibility index (Phi) is 10.5. The minimum atomic E-state index is 0.642. The Hall–Kier alpha value is -0.160. The molecule has 4 N–H and O–H groups in total. The summed E-state index contributed by atoms with van der Waals surface area (Å²) >= 11 is 0. The Morgan fingerprint density at radius 1 is 0.778 bits per heavy atom. The van der Waals surface area contributed by atoms with Gasteiger partial charge in [0.15, 0.2) is 0 Å². The van der Waals surface area contributed by atoms with Crippen LogP contribution in [0.5, 0.6) is 0 Å². The second kappa shape index (κ2) is 11.9. The third kappa shape index (κ3) is 8.86. The molecule has 0 radical (unpaired) electrons. The van der Waals surface area contributed by atoms with E-state index < -0.39 is 0 Å². The van der Waals surface area contributed by atoms with Crippen molar-refractivity contribution in [1.29, 1.82) is 0 Å². The van der Waals surface area contributed by atoms with Gasteiger partial charge in [0, 0.05) is 51.9 Å². The first-order valence-corrected chi connectivity index (χ1v) is 7.79. The van der Waals surface area contributed by atoms with Crippen molar-refractivity contribution in [3.63, 3.8) is 0 Å². The third-order valence-corrected chi connectivity index (χ3v) is 3.49. The van der Waals surface area contributed by atoms with Gasteiger partial charge in [0.05, 0.1) is 0 Å². The molecule has 1 rings (SSSR count). The number of rotatable bonds is 5. The van der Waals surface area contributed by atoms with E-state index in [1.165, 1.54) is 32.1 Å². The second-order valence-corrected chi connectivity index (χ2v) is 5.20. The molecule has 18 heavy (non-hydrogen) atoms. The minimum absolute atomic E-state index is 0.642. The van der Waals surface area contributed by atoms with Gasteiger partial charge in [0.2, 0.25) is 0 Å². The van der Waals surface area contributed by atoms with E-state index in [1.807, 2.05) is 0 Å². The molecule has 0 amide bonds. The molecule has 108 valence electrons. The first kappa shape index (κ1) is 15.9. The molecule has 4 heteroatoms. The summed E-state index contributed by atoms with van der Waals surface area (Å²) in [4.78, 5) is 0. The lowest BCUT2D eigenvalue weighted by molar-refractivity contribution is 0.419. The van der Waals surface area contributed by atoms with E-state index in [2.05, 4.69) is 28.2 Å². The van der Waals surface area contributed by atoms with Crippen LogP contribution >= 0.6 is 0 Å². The van der Waals surface area contributed by atoms with Crippen LogP contribution in [0.3, 0.4) is 0 Å². The molecule has 0 saturated carbocycles. The second-order valence-electron chi connectivity index (χ2n) is 5.20. The molecule has 4 nitrogen and oxygen atoms in total. The Balaban J connectivity index is 2.14. The molecule has 0 aromatic carbocycles. The fourth-order valence-electron chi connectivity index (χ4n) is 2.34. The average Bonchev–Trinajstić information content (AvgIpc) is 2.37. The maximum Gasteiger partial charge on any atom is 0.0193 e. The quantitative estimate of drug-likeness (QED) is 0.547. The number of hydrogen-bond acceptors (Lipinski definition) is 4. The Labute approximate surface area is 113 Å². The van der Waals surface area contributed by atoms with Crippen LogP contribution in [0.1, 0.15) is 39.0 Å². The monoisotopic (exact) mass is 256 g/mol. The van der Waals surface area contributed by atoms with Gasteiger partial charge in [-0.3, -0.25) is 0 Å². The Morgan fingerprint density at radius 3 is 2.17 bits per heavy atom. The van der Waals surface area contributed by atoms with E-state index in [1.54, 1.807) is 0 Å². The number of nitrogens with one attached hydrogen (secondary N) is 4. The molecule has 1 unspecified atom stereocenters. The van der Waals surface area contributed by atoms with Crippen LogP contribution in [0.4, 0.5) is 0 Å². The molecular weight excluding hydrogens is 224 g/mol. The maximum absolute atomic E-state index is 3.67. The summed E-state index contributed by atoms with van der Waals surface area (Å²) in [6.07, 6.45) is 6.76. The summed E-state index contributed by atoms with van der Waals surface area (Å²) in [6.45, 7) is 9.83. The van der Waals surface area contributed by atoms with Gasteiger partial charge in [-0.15, -0.1) is 0 Å². The van der Waals surface area contributed by atoms with Crippen molar-refractivity contribution in [3.05, 3.63) is 0 Å². The standard InChI is InChI=1S/C14H32N4/c1-2-3-4-5-6-14-13-17-10-9-15-7-8-16-11-12-18-14/h14-18H,2-13H2,1H3. The van der Waals surface area contributed by atoms with E-state index in [9.17, 15) is 0 Å². The Bertz CT molecular complexity index is 160. The summed E-state index contributed by atoms with van der Waals surface area (Å²) in [6, 6.07) is 0.642. The predicted molar refractivity (Wildman–Crippen MR) is 79.2 cm³/mol. The zero-order valence-corrected chi connectivity index (χ0v) is 12.1. The largest absolute Gasteiger partial charge is 0.314 e. The smallest absolute Gasteiger partial charge is 0.0193 e. The van der Waals surface area contributed by atoms with Crippen LogP contribution in [-0.4, -0.2) is 51.9 Å². The minimum Gasteiger partial charge on any atom is -0.314 e. The van der Waals surface area contributed by atoms with E-state index in [4.69, 9.17) is 0 Å². The Morgan fingerprint density at radius 2 is 1.44 bits per heavy atom.